The van der Waals surface area contributed by atoms with Crippen molar-refractivity contribution < 1.29 is 23.5 Å². The molecule has 0 saturated carbocycles. The summed E-state index contributed by atoms with van der Waals surface area (Å²) < 4.78 is 10.6. The lowest BCUT2D eigenvalue weighted by atomic mass is 9.95. The van der Waals surface area contributed by atoms with Crippen LogP contribution in [0.4, 0.5) is 5.69 Å². The number of carbonyl (C=O) groups excluding carboxylic acids is 3. The quantitative estimate of drug-likeness (QED) is 0.470. The van der Waals surface area contributed by atoms with Gasteiger partial charge in [-0.2, -0.15) is 0 Å². The zero-order chi connectivity index (χ0) is 22.4. The number of anilines is 1. The summed E-state index contributed by atoms with van der Waals surface area (Å²) in [4.78, 5) is 39.3. The minimum absolute atomic E-state index is 0.0313. The molecule has 2 amide bonds. The number of furan rings is 1. The number of hydrogen-bond acceptors (Lipinski definition) is 6. The summed E-state index contributed by atoms with van der Waals surface area (Å²) >= 11 is 0. The van der Waals surface area contributed by atoms with Crippen LogP contribution < -0.4 is 10.6 Å². The molecule has 2 heterocycles. The van der Waals surface area contributed by atoms with Gasteiger partial charge in [0.2, 0.25) is 11.8 Å². The van der Waals surface area contributed by atoms with Gasteiger partial charge in [0.1, 0.15) is 5.58 Å². The summed E-state index contributed by atoms with van der Waals surface area (Å²) in [7, 11) is 1.64. The van der Waals surface area contributed by atoms with E-state index in [9.17, 15) is 14.4 Å². The highest BCUT2D eigenvalue weighted by Crippen LogP contribution is 2.31. The first-order valence-corrected chi connectivity index (χ1v) is 10.8. The number of benzene rings is 1. The average Bonchev–Trinajstić information content (AvgIpc) is 3.15. The summed E-state index contributed by atoms with van der Waals surface area (Å²) in [5.74, 6) is -0.237. The number of carbonyl (C=O) groups is 3. The highest BCUT2D eigenvalue weighted by atomic mass is 16.5. The Morgan fingerprint density at radius 1 is 1.23 bits per heavy atom. The van der Waals surface area contributed by atoms with E-state index in [1.54, 1.807) is 13.2 Å². The number of likely N-dealkylation sites (tertiary alicyclic amines) is 1. The van der Waals surface area contributed by atoms with Crippen LogP contribution in [-0.2, 0) is 14.3 Å². The molecule has 1 aliphatic heterocycles. The molecule has 3 rings (SSSR count). The number of fused-ring (bicyclic) bond motifs is 1. The van der Waals surface area contributed by atoms with Crippen LogP contribution in [0.1, 0.15) is 43.7 Å². The number of piperidine rings is 1. The first kappa shape index (κ1) is 23.0. The number of ketones is 1. The minimum atomic E-state index is -0.390. The van der Waals surface area contributed by atoms with Crippen LogP contribution in [-0.4, -0.2) is 61.9 Å². The van der Waals surface area contributed by atoms with Crippen molar-refractivity contribution in [2.24, 2.45) is 5.92 Å². The Labute approximate surface area is 182 Å². The monoisotopic (exact) mass is 429 g/mol. The van der Waals surface area contributed by atoms with Gasteiger partial charge in [-0.15, -0.1) is 0 Å². The lowest BCUT2D eigenvalue weighted by Gasteiger charge is -2.34. The summed E-state index contributed by atoms with van der Waals surface area (Å²) in [5.41, 5.74) is 0.984. The van der Waals surface area contributed by atoms with Crippen molar-refractivity contribution in [1.29, 1.82) is 0 Å². The second-order valence-corrected chi connectivity index (χ2v) is 7.97. The fourth-order valence-corrected chi connectivity index (χ4v) is 3.93. The second-order valence-electron chi connectivity index (χ2n) is 7.97. The number of methoxy groups -OCH3 is 1. The number of nitrogens with one attached hydrogen (secondary N) is 2. The van der Waals surface area contributed by atoms with Gasteiger partial charge in [0.05, 0.1) is 11.7 Å². The van der Waals surface area contributed by atoms with Crippen LogP contribution in [0.2, 0.25) is 0 Å². The van der Waals surface area contributed by atoms with Gasteiger partial charge in [-0.3, -0.25) is 19.3 Å². The maximum atomic E-state index is 12.9. The smallest absolute Gasteiger partial charge is 0.241 e. The third-order valence-electron chi connectivity index (χ3n) is 5.82. The topological polar surface area (TPSA) is 101 Å². The zero-order valence-corrected chi connectivity index (χ0v) is 18.4. The normalized spacial score (nSPS) is 16.2. The van der Waals surface area contributed by atoms with Gasteiger partial charge >= 0.3 is 0 Å². The Kier molecular flexibility index (Phi) is 7.81. The van der Waals surface area contributed by atoms with Gasteiger partial charge in [-0.25, -0.2) is 0 Å². The maximum absolute atomic E-state index is 12.9. The fourth-order valence-electron chi connectivity index (χ4n) is 3.93. The standard InChI is InChI=1S/C23H31N3O5/c1-15(26-12-9-17(10-13-26)23(29)24-11-6-14-30-3)22(28)25-20-18-7-4-5-8-19(18)31-21(20)16(2)27/h4-5,7-8,15,17H,6,9-14H2,1-3H3,(H,24,29)(H,25,28). The van der Waals surface area contributed by atoms with Crippen LogP contribution in [0, 0.1) is 5.92 Å². The van der Waals surface area contributed by atoms with E-state index in [4.69, 9.17) is 9.15 Å². The molecular formula is C23H31N3O5. The number of ether oxygens (including phenoxy) is 1. The molecule has 1 saturated heterocycles. The van der Waals surface area contributed by atoms with Crippen LogP contribution in [0.15, 0.2) is 28.7 Å². The maximum Gasteiger partial charge on any atom is 0.241 e. The van der Waals surface area contributed by atoms with Gasteiger partial charge in [0.15, 0.2) is 11.5 Å². The molecule has 2 N–H and O–H groups in total. The van der Waals surface area contributed by atoms with Gasteiger partial charge in [0, 0.05) is 38.5 Å². The van der Waals surface area contributed by atoms with Crippen LogP contribution in [0.25, 0.3) is 11.0 Å². The van der Waals surface area contributed by atoms with E-state index in [-0.39, 0.29) is 35.3 Å². The van der Waals surface area contributed by atoms with E-state index < -0.39 is 0 Å². The molecule has 2 aromatic rings. The third kappa shape index (κ3) is 5.51. The Morgan fingerprint density at radius 2 is 1.94 bits per heavy atom. The number of para-hydroxylation sites is 1. The van der Waals surface area contributed by atoms with E-state index in [2.05, 4.69) is 15.5 Å². The van der Waals surface area contributed by atoms with Gasteiger partial charge in [-0.1, -0.05) is 12.1 Å². The van der Waals surface area contributed by atoms with Crippen molar-refractivity contribution in [3.8, 4) is 0 Å². The largest absolute Gasteiger partial charge is 0.451 e. The van der Waals surface area contributed by atoms with Crippen molar-refractivity contribution in [2.45, 2.75) is 39.2 Å². The molecule has 1 aromatic heterocycles. The molecule has 8 nitrogen and oxygen atoms in total. The molecule has 1 unspecified atom stereocenters. The Hall–Kier alpha value is -2.71. The summed E-state index contributed by atoms with van der Waals surface area (Å²) in [6.45, 7) is 5.83. The second kappa shape index (κ2) is 10.5. The Bertz CT molecular complexity index is 930. The molecule has 1 atom stereocenters. The predicted molar refractivity (Wildman–Crippen MR) is 118 cm³/mol. The SMILES string of the molecule is COCCCNC(=O)C1CCN(C(C)C(=O)Nc2c(C(C)=O)oc3ccccc23)CC1. The number of hydrogen-bond donors (Lipinski definition) is 2. The molecule has 0 spiro atoms. The molecular weight excluding hydrogens is 398 g/mol. The molecule has 1 aromatic carbocycles. The van der Waals surface area contributed by atoms with Crippen molar-refractivity contribution in [3.05, 3.63) is 30.0 Å². The summed E-state index contributed by atoms with van der Waals surface area (Å²) in [6.07, 6.45) is 2.21. The molecule has 1 fully saturated rings. The lowest BCUT2D eigenvalue weighted by molar-refractivity contribution is -0.127. The van der Waals surface area contributed by atoms with E-state index in [1.165, 1.54) is 6.92 Å². The summed E-state index contributed by atoms with van der Waals surface area (Å²) in [5, 5.41) is 6.56. The molecule has 31 heavy (non-hydrogen) atoms. The number of Topliss-reactive ketones (excluding diaryl/α,β-unsaturated/α-hetero) is 1. The molecule has 0 bridgehead atoms. The van der Waals surface area contributed by atoms with Crippen molar-refractivity contribution in [1.82, 2.24) is 10.2 Å². The minimum Gasteiger partial charge on any atom is -0.451 e. The lowest BCUT2D eigenvalue weighted by Crippen LogP contribution is -2.48. The van der Waals surface area contributed by atoms with Gasteiger partial charge in [-0.05, 0) is 51.4 Å². The average molecular weight is 430 g/mol. The molecule has 8 heteroatoms. The number of nitrogens with zero attached hydrogens (tertiary/aromatic N) is 1. The molecule has 0 aliphatic carbocycles. The molecule has 0 radical (unpaired) electrons. The fraction of sp³-hybridized carbons (Fsp3) is 0.522. The summed E-state index contributed by atoms with van der Waals surface area (Å²) in [6, 6.07) is 6.86. The molecule has 168 valence electrons. The van der Waals surface area contributed by atoms with Crippen LogP contribution in [0.3, 0.4) is 0 Å². The first-order valence-electron chi connectivity index (χ1n) is 10.8. The van der Waals surface area contributed by atoms with Crippen molar-refractivity contribution >= 4 is 34.3 Å². The number of amides is 2. The van der Waals surface area contributed by atoms with E-state index in [0.29, 0.717) is 55.7 Å². The zero-order valence-electron chi connectivity index (χ0n) is 18.4. The van der Waals surface area contributed by atoms with Crippen LogP contribution in [0.5, 0.6) is 0 Å². The Morgan fingerprint density at radius 3 is 2.61 bits per heavy atom. The van der Waals surface area contributed by atoms with Crippen LogP contribution >= 0.6 is 0 Å². The highest BCUT2D eigenvalue weighted by Gasteiger charge is 2.30. The van der Waals surface area contributed by atoms with Crippen molar-refractivity contribution in [2.75, 3.05) is 38.7 Å². The third-order valence-corrected chi connectivity index (χ3v) is 5.82. The van der Waals surface area contributed by atoms with Crippen molar-refractivity contribution in [3.63, 3.8) is 0 Å². The van der Waals surface area contributed by atoms with E-state index in [1.807, 2.05) is 25.1 Å². The predicted octanol–water partition coefficient (Wildman–Crippen LogP) is 2.83. The van der Waals surface area contributed by atoms with Gasteiger partial charge < -0.3 is 19.8 Å². The number of rotatable bonds is 9. The van der Waals surface area contributed by atoms with E-state index in [0.717, 1.165) is 6.42 Å². The molecule has 1 aliphatic rings. The highest BCUT2D eigenvalue weighted by molar-refractivity contribution is 6.11. The first-order chi connectivity index (χ1) is 14.9. The van der Waals surface area contributed by atoms with Gasteiger partial charge in [0.25, 0.3) is 0 Å². The van der Waals surface area contributed by atoms with E-state index >= 15 is 0 Å². The Balaban J connectivity index is 1.57.